The van der Waals surface area contributed by atoms with Crippen molar-refractivity contribution in [3.8, 4) is 56.8 Å². The van der Waals surface area contributed by atoms with Crippen molar-refractivity contribution in [2.45, 2.75) is 85.8 Å². The van der Waals surface area contributed by atoms with Crippen LogP contribution in [-0.2, 0) is 35.4 Å². The van der Waals surface area contributed by atoms with Gasteiger partial charge in [-0.2, -0.15) is 0 Å². The Bertz CT molecular complexity index is 2430. The third kappa shape index (κ3) is 9.46. The second-order valence-electron chi connectivity index (χ2n) is 15.2. The molecular formula is C45H48Cl2F2N6O4. The fourth-order valence-corrected chi connectivity index (χ4v) is 8.10. The fourth-order valence-electron chi connectivity index (χ4n) is 7.70. The molecule has 1 N–H and O–H groups in total. The lowest BCUT2D eigenvalue weighted by molar-refractivity contribution is 0.0355. The monoisotopic (exact) mass is 844 g/mol. The number of imidazole rings is 2. The van der Waals surface area contributed by atoms with E-state index >= 15 is 0 Å². The molecule has 0 unspecified atom stereocenters. The zero-order chi connectivity index (χ0) is 42.0. The Morgan fingerprint density at radius 2 is 1.10 bits per heavy atom. The van der Waals surface area contributed by atoms with Crippen LogP contribution < -0.4 is 4.74 Å². The summed E-state index contributed by atoms with van der Waals surface area (Å²) in [5.74, 6) is 2.08. The molecule has 0 radical (unpaired) electrons. The molecule has 14 heteroatoms. The van der Waals surface area contributed by atoms with Crippen molar-refractivity contribution >= 4 is 23.2 Å². The van der Waals surface area contributed by atoms with Gasteiger partial charge < -0.3 is 28.5 Å². The van der Waals surface area contributed by atoms with Crippen molar-refractivity contribution in [3.05, 3.63) is 105 Å². The number of alkyl halides is 2. The number of fused-ring (bicyclic) bond motifs is 2. The Kier molecular flexibility index (Phi) is 13.0. The third-order valence-corrected chi connectivity index (χ3v) is 10.7. The van der Waals surface area contributed by atoms with E-state index < -0.39 is 25.6 Å². The van der Waals surface area contributed by atoms with Crippen LogP contribution in [0.2, 0.25) is 10.0 Å². The number of aromatic nitrogens is 6. The van der Waals surface area contributed by atoms with E-state index in [4.69, 9.17) is 47.4 Å². The Morgan fingerprint density at radius 1 is 0.661 bits per heavy atom. The minimum absolute atomic E-state index is 0.0126. The fraction of sp³-hybridized carbons (Fsp3) is 0.378. The molecule has 0 saturated heterocycles. The topological polar surface area (TPSA) is 109 Å². The van der Waals surface area contributed by atoms with Crippen LogP contribution in [0.1, 0.15) is 48.0 Å². The van der Waals surface area contributed by atoms with Crippen LogP contribution in [0.15, 0.2) is 60.7 Å². The lowest BCUT2D eigenvalue weighted by atomic mass is 10.1. The van der Waals surface area contributed by atoms with Gasteiger partial charge in [-0.3, -0.25) is 9.97 Å². The molecule has 8 rings (SSSR count). The average molecular weight is 846 g/mol. The molecule has 0 bridgehead atoms. The molecule has 6 aromatic rings. The molecule has 2 aliphatic rings. The number of phenols is 1. The molecule has 6 heterocycles. The highest BCUT2D eigenvalue weighted by atomic mass is 35.5. The minimum atomic E-state index is -0.559. The van der Waals surface area contributed by atoms with Gasteiger partial charge in [0, 0.05) is 69.3 Å². The second-order valence-corrected chi connectivity index (χ2v) is 16.0. The lowest BCUT2D eigenvalue weighted by Gasteiger charge is -2.15. The van der Waals surface area contributed by atoms with Crippen molar-refractivity contribution in [1.82, 2.24) is 29.1 Å². The van der Waals surface area contributed by atoms with Crippen LogP contribution in [-0.4, -0.2) is 79.1 Å². The third-order valence-electron chi connectivity index (χ3n) is 10.1. The van der Waals surface area contributed by atoms with Crippen molar-refractivity contribution in [2.75, 3.05) is 26.6 Å². The Balaban J connectivity index is 0.000000180. The molecule has 10 nitrogen and oxygen atoms in total. The summed E-state index contributed by atoms with van der Waals surface area (Å²) in [5, 5.41) is 10.5. The number of hydrogen-bond acceptors (Lipinski definition) is 8. The maximum atomic E-state index is 13.6. The number of nitrogens with zero attached hydrogens (tertiary/aromatic N) is 6. The molecule has 4 aromatic heterocycles. The highest BCUT2D eigenvalue weighted by Crippen LogP contribution is 2.37. The minimum Gasteiger partial charge on any atom is -0.506 e. The number of phenolic OH excluding ortho intramolecular Hbond substituents is 1. The summed E-state index contributed by atoms with van der Waals surface area (Å²) in [6.07, 6.45) is 0.294. The van der Waals surface area contributed by atoms with Gasteiger partial charge in [-0.15, -0.1) is 0 Å². The first-order valence-electron chi connectivity index (χ1n) is 19.7. The first-order valence-corrected chi connectivity index (χ1v) is 20.5. The predicted octanol–water partition coefficient (Wildman–Crippen LogP) is 10.1. The van der Waals surface area contributed by atoms with Crippen LogP contribution >= 0.6 is 23.2 Å². The molecular weight excluding hydrogens is 797 g/mol. The van der Waals surface area contributed by atoms with E-state index in [2.05, 4.69) is 14.5 Å². The molecule has 0 fully saturated rings. The summed E-state index contributed by atoms with van der Waals surface area (Å²) in [5.41, 5.74) is 11.1. The van der Waals surface area contributed by atoms with Gasteiger partial charge in [0.1, 0.15) is 48.7 Å². The smallest absolute Gasteiger partial charge is 0.141 e. The molecule has 2 aromatic carbocycles. The molecule has 0 spiro atoms. The van der Waals surface area contributed by atoms with E-state index in [9.17, 15) is 13.9 Å². The van der Waals surface area contributed by atoms with Crippen LogP contribution in [0, 0.1) is 27.7 Å². The van der Waals surface area contributed by atoms with Crippen LogP contribution in [0.4, 0.5) is 8.78 Å². The van der Waals surface area contributed by atoms with Gasteiger partial charge in [0.05, 0.1) is 53.8 Å². The molecule has 310 valence electrons. The van der Waals surface area contributed by atoms with E-state index in [-0.39, 0.29) is 16.9 Å². The summed E-state index contributed by atoms with van der Waals surface area (Å²) < 4.78 is 48.2. The van der Waals surface area contributed by atoms with E-state index in [0.29, 0.717) is 55.7 Å². The number of aryl methyl sites for hydroxylation is 4. The second kappa shape index (κ2) is 18.2. The zero-order valence-electron chi connectivity index (χ0n) is 34.0. The molecule has 59 heavy (non-hydrogen) atoms. The molecule has 2 atom stereocenters. The van der Waals surface area contributed by atoms with Crippen LogP contribution in [0.3, 0.4) is 0 Å². The maximum absolute atomic E-state index is 13.6. The van der Waals surface area contributed by atoms with Crippen molar-refractivity contribution < 1.29 is 28.1 Å². The zero-order valence-corrected chi connectivity index (χ0v) is 35.5. The summed E-state index contributed by atoms with van der Waals surface area (Å²) in [4.78, 5) is 18.9. The Labute approximate surface area is 353 Å². The van der Waals surface area contributed by atoms with Gasteiger partial charge in [-0.25, -0.2) is 18.7 Å². The summed E-state index contributed by atoms with van der Waals surface area (Å²) in [6, 6.07) is 18.7. The molecule has 0 saturated carbocycles. The summed E-state index contributed by atoms with van der Waals surface area (Å²) in [7, 11) is 0. The first-order chi connectivity index (χ1) is 28.3. The lowest BCUT2D eigenvalue weighted by Crippen LogP contribution is -2.21. The maximum Gasteiger partial charge on any atom is 0.141 e. The van der Waals surface area contributed by atoms with Gasteiger partial charge in [0.2, 0.25) is 0 Å². The summed E-state index contributed by atoms with van der Waals surface area (Å²) >= 11 is 12.6. The number of aromatic hydroxyl groups is 1. The average Bonchev–Trinajstić information content (AvgIpc) is 3.53. The largest absolute Gasteiger partial charge is 0.506 e. The van der Waals surface area contributed by atoms with Crippen LogP contribution in [0.25, 0.3) is 45.3 Å². The number of halogens is 4. The van der Waals surface area contributed by atoms with Crippen molar-refractivity contribution in [3.63, 3.8) is 0 Å². The normalized spacial score (nSPS) is 16.5. The first kappa shape index (κ1) is 42.3. The van der Waals surface area contributed by atoms with Crippen LogP contribution in [0.5, 0.6) is 11.5 Å². The van der Waals surface area contributed by atoms with Gasteiger partial charge >= 0.3 is 0 Å². The Morgan fingerprint density at radius 3 is 1.51 bits per heavy atom. The number of benzene rings is 2. The number of hydrogen-bond donors (Lipinski definition) is 1. The van der Waals surface area contributed by atoms with E-state index in [1.807, 2.05) is 88.6 Å². The van der Waals surface area contributed by atoms with E-state index in [1.54, 1.807) is 18.2 Å². The van der Waals surface area contributed by atoms with Gasteiger partial charge in [0.25, 0.3) is 0 Å². The Hall–Kier alpha value is -4.88. The predicted molar refractivity (Wildman–Crippen MR) is 227 cm³/mol. The number of pyridine rings is 2. The standard InChI is InChI=1S/C24H27ClFN3O2.C21H21ClFN3O2/c1-14(2)31-22-6-5-17(11-20(22)25)24-28-23(18-9-15(3)27-16(4)10-18)21-7-8-30-19(12-26)13-29(21)24;1-12-7-15(8-13(2)24-12)20-18-5-6-28-16(10-23)11-26(18)21(25-20)14-3-4-19(27)17(22)9-14/h5-6,9-11,14,19H,7-8,12-13H2,1-4H3;3-4,7-9,16,27H,5-6,10-11H2,1-2H3/t19-;16-/m11/s1. The molecule has 0 amide bonds. The van der Waals surface area contributed by atoms with Crippen molar-refractivity contribution in [2.24, 2.45) is 0 Å². The highest BCUT2D eigenvalue weighted by Gasteiger charge is 2.28. The highest BCUT2D eigenvalue weighted by molar-refractivity contribution is 6.32. The summed E-state index contributed by atoms with van der Waals surface area (Å²) in [6.45, 7) is 12.3. The van der Waals surface area contributed by atoms with E-state index in [1.165, 1.54) is 0 Å². The quantitative estimate of drug-likeness (QED) is 0.161. The van der Waals surface area contributed by atoms with Gasteiger partial charge in [-0.05, 0) is 102 Å². The molecule has 2 aliphatic heterocycles. The van der Waals surface area contributed by atoms with E-state index in [0.717, 1.165) is 73.6 Å². The van der Waals surface area contributed by atoms with Crippen molar-refractivity contribution in [1.29, 1.82) is 0 Å². The number of ether oxygens (including phenoxy) is 3. The van der Waals surface area contributed by atoms with Gasteiger partial charge in [-0.1, -0.05) is 23.2 Å². The molecule has 0 aliphatic carbocycles. The number of rotatable bonds is 8. The van der Waals surface area contributed by atoms with Gasteiger partial charge in [0.15, 0.2) is 0 Å². The SMILES string of the molecule is Cc1cc(-c2nc(-c3ccc(O)c(Cl)c3)n3c2CCO[C@H](CF)C3)cc(C)n1.Cc1cc(-c2nc(-c3ccc(OC(C)C)c(Cl)c3)n3c2CCO[C@H](CF)C3)cc(C)n1.